The first-order valence-electron chi connectivity index (χ1n) is 8.55. The van der Waals surface area contributed by atoms with Crippen LogP contribution in [0.15, 0.2) is 28.8 Å². The zero-order valence-electron chi connectivity index (χ0n) is 15.3. The van der Waals surface area contributed by atoms with E-state index in [9.17, 15) is 4.79 Å². The molecule has 0 N–H and O–H groups in total. The average molecular weight is 343 g/mol. The molecule has 1 saturated heterocycles. The fourth-order valence-corrected chi connectivity index (χ4v) is 3.07. The summed E-state index contributed by atoms with van der Waals surface area (Å²) in [6, 6.07) is 7.95. The summed E-state index contributed by atoms with van der Waals surface area (Å²) in [4.78, 5) is 16.6. The fourth-order valence-electron chi connectivity index (χ4n) is 3.07. The molecule has 6 nitrogen and oxygen atoms in total. The summed E-state index contributed by atoms with van der Waals surface area (Å²) in [7, 11) is 3.89. The lowest BCUT2D eigenvalue weighted by atomic mass is 10.1. The van der Waals surface area contributed by atoms with Crippen LogP contribution in [-0.4, -0.2) is 54.1 Å². The highest BCUT2D eigenvalue weighted by atomic mass is 16.5. The van der Waals surface area contributed by atoms with Gasteiger partial charge in [0.25, 0.3) is 5.91 Å². The maximum absolute atomic E-state index is 12.6. The Labute approximate surface area is 148 Å². The van der Waals surface area contributed by atoms with Gasteiger partial charge in [-0.05, 0) is 51.1 Å². The molecule has 3 rings (SSSR count). The second-order valence-electron chi connectivity index (χ2n) is 6.86. The number of ether oxygens (including phenoxy) is 1. The second kappa shape index (κ2) is 7.27. The standard InChI is InChI=1S/C19H25N3O3/c1-13-5-6-14(2)18(9-13)24-12-16-10-17(20-25-16)19(23)22(4)15-7-8-21(3)11-15/h5-6,9-10,15H,7-8,11-12H2,1-4H3/t15-/m0/s1. The van der Waals surface area contributed by atoms with Crippen molar-refractivity contribution in [2.45, 2.75) is 32.9 Å². The van der Waals surface area contributed by atoms with E-state index in [0.717, 1.165) is 36.4 Å². The number of likely N-dealkylation sites (tertiary alicyclic amines) is 1. The van der Waals surface area contributed by atoms with Crippen LogP contribution < -0.4 is 4.74 Å². The zero-order valence-corrected chi connectivity index (χ0v) is 15.3. The number of likely N-dealkylation sites (N-methyl/N-ethyl adjacent to an activating group) is 2. The molecule has 0 spiro atoms. The van der Waals surface area contributed by atoms with Crippen molar-refractivity contribution >= 4 is 5.91 Å². The molecule has 1 aliphatic heterocycles. The van der Waals surface area contributed by atoms with E-state index in [4.69, 9.17) is 9.26 Å². The molecule has 1 aliphatic rings. The Morgan fingerprint density at radius 2 is 2.20 bits per heavy atom. The van der Waals surface area contributed by atoms with Gasteiger partial charge in [-0.3, -0.25) is 4.79 Å². The van der Waals surface area contributed by atoms with Crippen molar-refractivity contribution in [1.82, 2.24) is 15.0 Å². The van der Waals surface area contributed by atoms with E-state index in [2.05, 4.69) is 17.1 Å². The first kappa shape index (κ1) is 17.5. The minimum atomic E-state index is -0.109. The monoisotopic (exact) mass is 343 g/mol. The van der Waals surface area contributed by atoms with Crippen LogP contribution >= 0.6 is 0 Å². The van der Waals surface area contributed by atoms with Gasteiger partial charge in [0.1, 0.15) is 12.4 Å². The number of rotatable bonds is 5. The van der Waals surface area contributed by atoms with Gasteiger partial charge in [-0.1, -0.05) is 17.3 Å². The predicted molar refractivity (Wildman–Crippen MR) is 94.7 cm³/mol. The smallest absolute Gasteiger partial charge is 0.276 e. The molecule has 25 heavy (non-hydrogen) atoms. The van der Waals surface area contributed by atoms with Gasteiger partial charge < -0.3 is 19.1 Å². The van der Waals surface area contributed by atoms with Gasteiger partial charge in [-0.2, -0.15) is 0 Å². The van der Waals surface area contributed by atoms with Crippen molar-refractivity contribution in [3.8, 4) is 5.75 Å². The van der Waals surface area contributed by atoms with Crippen LogP contribution in [-0.2, 0) is 6.61 Å². The number of nitrogens with zero attached hydrogens (tertiary/aromatic N) is 3. The summed E-state index contributed by atoms with van der Waals surface area (Å²) >= 11 is 0. The van der Waals surface area contributed by atoms with Gasteiger partial charge in [-0.15, -0.1) is 0 Å². The van der Waals surface area contributed by atoms with Gasteiger partial charge >= 0.3 is 0 Å². The SMILES string of the molecule is Cc1ccc(C)c(OCc2cc(C(=O)N(C)[C@H]3CCN(C)C3)no2)c1. The van der Waals surface area contributed by atoms with Crippen molar-refractivity contribution < 1.29 is 14.1 Å². The Bertz CT molecular complexity index is 756. The second-order valence-corrected chi connectivity index (χ2v) is 6.86. The van der Waals surface area contributed by atoms with Crippen molar-refractivity contribution in [2.75, 3.05) is 27.2 Å². The van der Waals surface area contributed by atoms with Crippen LogP contribution in [0.25, 0.3) is 0 Å². The Kier molecular flexibility index (Phi) is 5.08. The molecule has 2 aromatic rings. The Balaban J connectivity index is 1.62. The maximum Gasteiger partial charge on any atom is 0.276 e. The zero-order chi connectivity index (χ0) is 18.0. The summed E-state index contributed by atoms with van der Waals surface area (Å²) in [6.07, 6.45) is 0.985. The van der Waals surface area contributed by atoms with Crippen LogP contribution in [0.4, 0.5) is 0 Å². The molecule has 1 amide bonds. The first-order valence-corrected chi connectivity index (χ1v) is 8.55. The van der Waals surface area contributed by atoms with Crippen molar-refractivity contribution in [3.05, 3.63) is 46.8 Å². The number of amides is 1. The Hall–Kier alpha value is -2.34. The fraction of sp³-hybridized carbons (Fsp3) is 0.474. The van der Waals surface area contributed by atoms with Gasteiger partial charge in [0.2, 0.25) is 0 Å². The number of aromatic nitrogens is 1. The first-order chi connectivity index (χ1) is 11.9. The molecule has 0 bridgehead atoms. The van der Waals surface area contributed by atoms with E-state index in [1.807, 2.05) is 39.1 Å². The van der Waals surface area contributed by atoms with Crippen molar-refractivity contribution in [1.29, 1.82) is 0 Å². The van der Waals surface area contributed by atoms with Crippen LogP contribution in [0, 0.1) is 13.8 Å². The third-order valence-electron chi connectivity index (χ3n) is 4.73. The van der Waals surface area contributed by atoms with E-state index < -0.39 is 0 Å². The van der Waals surface area contributed by atoms with Gasteiger partial charge in [0, 0.05) is 25.7 Å². The quantitative estimate of drug-likeness (QED) is 0.835. The highest BCUT2D eigenvalue weighted by Crippen LogP contribution is 2.21. The number of hydrogen-bond donors (Lipinski definition) is 0. The van der Waals surface area contributed by atoms with Crippen LogP contribution in [0.3, 0.4) is 0 Å². The number of carbonyl (C=O) groups is 1. The maximum atomic E-state index is 12.6. The number of hydrogen-bond acceptors (Lipinski definition) is 5. The minimum Gasteiger partial charge on any atom is -0.485 e. The molecule has 134 valence electrons. The van der Waals surface area contributed by atoms with E-state index in [1.54, 1.807) is 11.0 Å². The molecule has 6 heteroatoms. The van der Waals surface area contributed by atoms with E-state index in [-0.39, 0.29) is 18.6 Å². The van der Waals surface area contributed by atoms with E-state index in [1.165, 1.54) is 0 Å². The lowest BCUT2D eigenvalue weighted by Crippen LogP contribution is -2.38. The molecule has 1 fully saturated rings. The van der Waals surface area contributed by atoms with Gasteiger partial charge in [0.15, 0.2) is 11.5 Å². The molecule has 1 aromatic carbocycles. The van der Waals surface area contributed by atoms with Crippen molar-refractivity contribution in [2.24, 2.45) is 0 Å². The Morgan fingerprint density at radius 3 is 2.92 bits per heavy atom. The molecule has 0 radical (unpaired) electrons. The third-order valence-corrected chi connectivity index (χ3v) is 4.73. The lowest BCUT2D eigenvalue weighted by Gasteiger charge is -2.23. The summed E-state index contributed by atoms with van der Waals surface area (Å²) in [6.45, 7) is 6.17. The highest BCUT2D eigenvalue weighted by molar-refractivity contribution is 5.92. The Morgan fingerprint density at radius 1 is 1.40 bits per heavy atom. The van der Waals surface area contributed by atoms with Crippen molar-refractivity contribution in [3.63, 3.8) is 0 Å². The largest absolute Gasteiger partial charge is 0.485 e. The molecule has 1 aromatic heterocycles. The van der Waals surface area contributed by atoms with Crippen LogP contribution in [0.5, 0.6) is 5.75 Å². The van der Waals surface area contributed by atoms with E-state index in [0.29, 0.717) is 11.5 Å². The summed E-state index contributed by atoms with van der Waals surface area (Å²) in [5.74, 6) is 1.25. The van der Waals surface area contributed by atoms with Crippen LogP contribution in [0.1, 0.15) is 33.8 Å². The van der Waals surface area contributed by atoms with E-state index >= 15 is 0 Å². The topological polar surface area (TPSA) is 58.8 Å². The molecular formula is C19H25N3O3. The number of aryl methyl sites for hydroxylation is 2. The molecule has 0 saturated carbocycles. The molecule has 0 aliphatic carbocycles. The van der Waals surface area contributed by atoms with Crippen LogP contribution in [0.2, 0.25) is 0 Å². The molecular weight excluding hydrogens is 318 g/mol. The highest BCUT2D eigenvalue weighted by Gasteiger charge is 2.28. The molecule has 0 unspecified atom stereocenters. The average Bonchev–Trinajstić information content (AvgIpc) is 3.23. The minimum absolute atomic E-state index is 0.109. The molecule has 2 heterocycles. The lowest BCUT2D eigenvalue weighted by molar-refractivity contribution is 0.0727. The number of benzene rings is 1. The number of carbonyl (C=O) groups excluding carboxylic acids is 1. The summed E-state index contributed by atoms with van der Waals surface area (Å²) < 4.78 is 11.1. The van der Waals surface area contributed by atoms with Gasteiger partial charge in [-0.25, -0.2) is 0 Å². The third kappa shape index (κ3) is 4.02. The summed E-state index contributed by atoms with van der Waals surface area (Å²) in [5.41, 5.74) is 2.53. The normalized spacial score (nSPS) is 17.7. The molecule has 1 atom stereocenters. The summed E-state index contributed by atoms with van der Waals surface area (Å²) in [5, 5.41) is 3.92. The predicted octanol–water partition coefficient (Wildman–Crippen LogP) is 2.65. The van der Waals surface area contributed by atoms with Gasteiger partial charge in [0.05, 0.1) is 0 Å².